The van der Waals surface area contributed by atoms with Crippen LogP contribution < -0.4 is 5.32 Å². The second-order valence-electron chi connectivity index (χ2n) is 10.4. The molecular weight excluding hydrogens is 366 g/mol. The minimum atomic E-state index is 0.169. The van der Waals surface area contributed by atoms with Crippen LogP contribution in [-0.4, -0.2) is 27.3 Å². The molecule has 28 heavy (non-hydrogen) atoms. The maximum absolute atomic E-state index is 12.8. The van der Waals surface area contributed by atoms with Crippen molar-refractivity contribution in [3.05, 3.63) is 11.4 Å². The minimum Gasteiger partial charge on any atom is -0.352 e. The van der Waals surface area contributed by atoms with Gasteiger partial charge >= 0.3 is 0 Å². The van der Waals surface area contributed by atoms with Gasteiger partial charge in [-0.3, -0.25) is 4.79 Å². The van der Waals surface area contributed by atoms with Crippen molar-refractivity contribution in [2.75, 3.05) is 5.75 Å². The van der Waals surface area contributed by atoms with Crippen LogP contribution in [0.2, 0.25) is 0 Å². The quantitative estimate of drug-likeness (QED) is 0.654. The van der Waals surface area contributed by atoms with E-state index in [0.29, 0.717) is 23.1 Å². The highest BCUT2D eigenvalue weighted by molar-refractivity contribution is 7.99. The molecule has 1 atom stereocenters. The van der Waals surface area contributed by atoms with Crippen LogP contribution in [0, 0.1) is 42.9 Å². The number of carbonyl (C=O) groups is 1. The molecule has 0 unspecified atom stereocenters. The highest BCUT2D eigenvalue weighted by Gasteiger charge is 2.53. The molecule has 4 saturated carbocycles. The molecule has 156 valence electrons. The van der Waals surface area contributed by atoms with E-state index in [1.165, 1.54) is 44.2 Å². The molecule has 0 saturated heterocycles. The van der Waals surface area contributed by atoms with Gasteiger partial charge < -0.3 is 9.88 Å². The number of hydrogen-bond donors (Lipinski definition) is 1. The van der Waals surface area contributed by atoms with Gasteiger partial charge in [0.15, 0.2) is 5.16 Å². The number of aromatic nitrogens is 2. The van der Waals surface area contributed by atoms with E-state index in [2.05, 4.69) is 44.5 Å². The summed E-state index contributed by atoms with van der Waals surface area (Å²) in [6.07, 6.45) is 8.37. The van der Waals surface area contributed by atoms with Gasteiger partial charge in [0.2, 0.25) is 5.91 Å². The fourth-order valence-electron chi connectivity index (χ4n) is 6.59. The Hall–Kier alpha value is -0.970. The molecular formula is C23H37N3OS. The Labute approximate surface area is 174 Å². The lowest BCUT2D eigenvalue weighted by molar-refractivity contribution is -0.123. The summed E-state index contributed by atoms with van der Waals surface area (Å²) >= 11 is 1.59. The summed E-state index contributed by atoms with van der Waals surface area (Å²) in [4.78, 5) is 17.5. The molecule has 1 N–H and O–H groups in total. The number of thioether (sulfide) groups is 1. The van der Waals surface area contributed by atoms with Gasteiger partial charge in [-0.1, -0.05) is 25.6 Å². The molecule has 1 aromatic heterocycles. The predicted molar refractivity (Wildman–Crippen MR) is 115 cm³/mol. The van der Waals surface area contributed by atoms with Crippen LogP contribution in [0.4, 0.5) is 0 Å². The SMILES string of the molecule is Cc1nc(SCC(=O)N[C@@H](C)C23CC4CC(CC(C4)C2)C3)n(CC(C)C)c1C. The molecule has 0 aromatic carbocycles. The van der Waals surface area contributed by atoms with Crippen molar-refractivity contribution >= 4 is 17.7 Å². The van der Waals surface area contributed by atoms with Gasteiger partial charge in [-0.2, -0.15) is 0 Å². The zero-order valence-corrected chi connectivity index (χ0v) is 19.1. The Morgan fingerprint density at radius 1 is 1.14 bits per heavy atom. The maximum atomic E-state index is 12.8. The highest BCUT2D eigenvalue weighted by Crippen LogP contribution is 2.61. The fourth-order valence-corrected chi connectivity index (χ4v) is 7.50. The third-order valence-corrected chi connectivity index (χ3v) is 8.66. The summed E-state index contributed by atoms with van der Waals surface area (Å²) in [5, 5.41) is 4.38. The number of nitrogens with zero attached hydrogens (tertiary/aromatic N) is 2. The number of carbonyl (C=O) groups excluding carboxylic acids is 1. The summed E-state index contributed by atoms with van der Waals surface area (Å²) in [5.41, 5.74) is 2.67. The summed E-state index contributed by atoms with van der Waals surface area (Å²) in [7, 11) is 0. The molecule has 0 aliphatic heterocycles. The summed E-state index contributed by atoms with van der Waals surface area (Å²) in [6, 6.07) is 0.299. The van der Waals surface area contributed by atoms with Crippen molar-refractivity contribution in [2.24, 2.45) is 29.1 Å². The third-order valence-electron chi connectivity index (χ3n) is 7.68. The monoisotopic (exact) mass is 403 g/mol. The molecule has 4 aliphatic rings. The summed E-state index contributed by atoms with van der Waals surface area (Å²) in [5.74, 6) is 3.97. The van der Waals surface area contributed by atoms with Crippen molar-refractivity contribution < 1.29 is 4.79 Å². The molecule has 4 bridgehead atoms. The maximum Gasteiger partial charge on any atom is 0.230 e. The first-order valence-corrected chi connectivity index (χ1v) is 12.2. The van der Waals surface area contributed by atoms with Gasteiger partial charge in [0, 0.05) is 18.3 Å². The topological polar surface area (TPSA) is 46.9 Å². The number of imidazole rings is 1. The van der Waals surface area contributed by atoms with Crippen molar-refractivity contribution in [1.29, 1.82) is 0 Å². The number of hydrogen-bond acceptors (Lipinski definition) is 3. The molecule has 4 nitrogen and oxygen atoms in total. The second-order valence-corrected chi connectivity index (χ2v) is 11.4. The van der Waals surface area contributed by atoms with Gasteiger partial charge in [-0.25, -0.2) is 4.98 Å². The molecule has 5 heteroatoms. The Balaban J connectivity index is 1.36. The molecule has 1 amide bonds. The highest BCUT2D eigenvalue weighted by atomic mass is 32.2. The van der Waals surface area contributed by atoms with E-state index < -0.39 is 0 Å². The first kappa shape index (κ1) is 20.3. The zero-order chi connectivity index (χ0) is 20.1. The smallest absolute Gasteiger partial charge is 0.230 e. The summed E-state index contributed by atoms with van der Waals surface area (Å²) in [6.45, 7) is 11.9. The Morgan fingerprint density at radius 3 is 2.25 bits per heavy atom. The van der Waals surface area contributed by atoms with E-state index in [0.717, 1.165) is 35.1 Å². The molecule has 5 rings (SSSR count). The van der Waals surface area contributed by atoms with Gasteiger partial charge in [0.05, 0.1) is 11.4 Å². The van der Waals surface area contributed by atoms with Gasteiger partial charge in [0.1, 0.15) is 0 Å². The van der Waals surface area contributed by atoms with Gasteiger partial charge in [0.25, 0.3) is 0 Å². The predicted octanol–water partition coefficient (Wildman–Crippen LogP) is 4.97. The number of amides is 1. The van der Waals surface area contributed by atoms with Crippen LogP contribution in [0.1, 0.15) is 70.7 Å². The lowest BCUT2D eigenvalue weighted by atomic mass is 9.48. The van der Waals surface area contributed by atoms with Crippen LogP contribution in [-0.2, 0) is 11.3 Å². The van der Waals surface area contributed by atoms with Gasteiger partial charge in [-0.15, -0.1) is 0 Å². The van der Waals surface area contributed by atoms with Crippen molar-refractivity contribution in [3.63, 3.8) is 0 Å². The standard InChI is InChI=1S/C23H37N3OS/c1-14(2)12-26-16(4)15(3)24-22(26)28-13-21(27)25-17(5)23-9-18-6-19(10-23)8-20(7-18)11-23/h14,17-20H,6-13H2,1-5H3,(H,25,27)/t17-,18?,19?,20?,23?/m0/s1. The van der Waals surface area contributed by atoms with E-state index in [-0.39, 0.29) is 5.91 Å². The van der Waals surface area contributed by atoms with E-state index >= 15 is 0 Å². The zero-order valence-electron chi connectivity index (χ0n) is 18.3. The van der Waals surface area contributed by atoms with Crippen LogP contribution in [0.15, 0.2) is 5.16 Å². The Bertz CT molecular complexity index is 703. The Morgan fingerprint density at radius 2 is 1.71 bits per heavy atom. The van der Waals surface area contributed by atoms with Crippen molar-refractivity contribution in [2.45, 2.75) is 90.9 Å². The molecule has 4 aliphatic carbocycles. The van der Waals surface area contributed by atoms with Crippen molar-refractivity contribution in [3.8, 4) is 0 Å². The lowest BCUT2D eigenvalue weighted by Gasteiger charge is -2.59. The lowest BCUT2D eigenvalue weighted by Crippen LogP contribution is -2.56. The number of aryl methyl sites for hydroxylation is 1. The number of rotatable bonds is 7. The van der Waals surface area contributed by atoms with E-state index in [1.807, 2.05) is 0 Å². The second kappa shape index (κ2) is 7.70. The van der Waals surface area contributed by atoms with Gasteiger partial charge in [-0.05, 0) is 88.4 Å². The number of nitrogens with one attached hydrogen (secondary N) is 1. The van der Waals surface area contributed by atoms with E-state index in [4.69, 9.17) is 4.98 Å². The van der Waals surface area contributed by atoms with Crippen LogP contribution in [0.25, 0.3) is 0 Å². The molecule has 1 aromatic rings. The normalized spacial score (nSPS) is 32.1. The first-order chi connectivity index (χ1) is 13.3. The fraction of sp³-hybridized carbons (Fsp3) is 0.826. The Kier molecular flexibility index (Phi) is 5.58. The molecule has 0 spiro atoms. The van der Waals surface area contributed by atoms with E-state index in [1.54, 1.807) is 11.8 Å². The van der Waals surface area contributed by atoms with Crippen LogP contribution >= 0.6 is 11.8 Å². The summed E-state index contributed by atoms with van der Waals surface area (Å²) < 4.78 is 2.28. The molecule has 4 fully saturated rings. The molecule has 0 radical (unpaired) electrons. The van der Waals surface area contributed by atoms with E-state index in [9.17, 15) is 4.79 Å². The van der Waals surface area contributed by atoms with Crippen LogP contribution in [0.3, 0.4) is 0 Å². The first-order valence-electron chi connectivity index (χ1n) is 11.2. The largest absolute Gasteiger partial charge is 0.352 e. The minimum absolute atomic E-state index is 0.169. The van der Waals surface area contributed by atoms with Crippen molar-refractivity contribution in [1.82, 2.24) is 14.9 Å². The van der Waals surface area contributed by atoms with Crippen LogP contribution in [0.5, 0.6) is 0 Å². The molecule has 1 heterocycles. The average molecular weight is 404 g/mol. The average Bonchev–Trinajstić information content (AvgIpc) is 2.86. The third kappa shape index (κ3) is 3.88.